The highest BCUT2D eigenvalue weighted by Gasteiger charge is 2.18. The molecule has 0 bridgehead atoms. The Labute approximate surface area is 119 Å². The molecule has 1 saturated carbocycles. The Kier molecular flexibility index (Phi) is 5.45. The van der Waals surface area contributed by atoms with Crippen LogP contribution in [0.2, 0.25) is 0 Å². The van der Waals surface area contributed by atoms with E-state index in [1.165, 1.54) is 6.42 Å². The Morgan fingerprint density at radius 3 is 2.95 bits per heavy atom. The molecular formula is C16H20N2O2. The number of rotatable bonds is 4. The average molecular weight is 272 g/mol. The van der Waals surface area contributed by atoms with Crippen LogP contribution in [0.25, 0.3) is 0 Å². The lowest BCUT2D eigenvalue weighted by molar-refractivity contribution is 0.228. The van der Waals surface area contributed by atoms with Gasteiger partial charge in [0.2, 0.25) is 0 Å². The Hall–Kier alpha value is -1.99. The van der Waals surface area contributed by atoms with Crippen LogP contribution in [-0.2, 0) is 6.54 Å². The largest absolute Gasteiger partial charge is 0.395 e. The molecule has 1 aliphatic carbocycles. The molecule has 0 spiro atoms. The molecule has 2 amide bonds. The number of aliphatic hydroxyl groups excluding tert-OH is 1. The highest BCUT2D eigenvalue weighted by atomic mass is 16.2. The maximum Gasteiger partial charge on any atom is 0.315 e. The van der Waals surface area contributed by atoms with Gasteiger partial charge in [0, 0.05) is 24.6 Å². The number of hydrogen-bond donors (Lipinski definition) is 3. The maximum absolute atomic E-state index is 11.6. The van der Waals surface area contributed by atoms with Crippen LogP contribution in [0, 0.1) is 11.8 Å². The Morgan fingerprint density at radius 2 is 2.25 bits per heavy atom. The third kappa shape index (κ3) is 4.60. The second kappa shape index (κ2) is 7.56. The summed E-state index contributed by atoms with van der Waals surface area (Å²) in [5.74, 6) is 5.87. The van der Waals surface area contributed by atoms with Crippen molar-refractivity contribution in [1.29, 1.82) is 0 Å². The van der Waals surface area contributed by atoms with Gasteiger partial charge in [-0.25, -0.2) is 4.79 Å². The summed E-state index contributed by atoms with van der Waals surface area (Å²) in [7, 11) is 0. The van der Waals surface area contributed by atoms with Crippen LogP contribution in [0.5, 0.6) is 0 Å². The fourth-order valence-electron chi connectivity index (χ4n) is 1.95. The normalized spacial score (nSPS) is 13.8. The van der Waals surface area contributed by atoms with Gasteiger partial charge in [-0.2, -0.15) is 0 Å². The minimum absolute atomic E-state index is 0.0790. The highest BCUT2D eigenvalue weighted by Crippen LogP contribution is 2.17. The van der Waals surface area contributed by atoms with Crippen LogP contribution >= 0.6 is 0 Å². The summed E-state index contributed by atoms with van der Waals surface area (Å²) >= 11 is 0. The summed E-state index contributed by atoms with van der Waals surface area (Å²) in [5, 5.41) is 14.5. The average Bonchev–Trinajstić information content (AvgIpc) is 2.41. The summed E-state index contributed by atoms with van der Waals surface area (Å²) in [5.41, 5.74) is 1.92. The second-order valence-corrected chi connectivity index (χ2v) is 4.93. The van der Waals surface area contributed by atoms with Gasteiger partial charge in [0.15, 0.2) is 0 Å². The lowest BCUT2D eigenvalue weighted by atomic mass is 9.93. The number of carbonyl (C=O) groups excluding carboxylic acids is 1. The van der Waals surface area contributed by atoms with Crippen LogP contribution in [0.1, 0.15) is 36.8 Å². The van der Waals surface area contributed by atoms with Gasteiger partial charge in [-0.3, -0.25) is 0 Å². The lowest BCUT2D eigenvalue weighted by Gasteiger charge is -2.26. The number of carbonyl (C=O) groups is 1. The predicted octanol–water partition coefficient (Wildman–Crippen LogP) is 1.77. The zero-order valence-electron chi connectivity index (χ0n) is 11.5. The van der Waals surface area contributed by atoms with Gasteiger partial charge in [-0.05, 0) is 37.0 Å². The van der Waals surface area contributed by atoms with Gasteiger partial charge in [0.25, 0.3) is 0 Å². The van der Waals surface area contributed by atoms with E-state index in [1.807, 2.05) is 24.3 Å². The molecule has 1 aliphatic rings. The van der Waals surface area contributed by atoms with Crippen molar-refractivity contribution in [1.82, 2.24) is 10.6 Å². The first kappa shape index (κ1) is 14.4. The zero-order chi connectivity index (χ0) is 14.2. The molecule has 1 aromatic rings. The summed E-state index contributed by atoms with van der Waals surface area (Å²) in [6, 6.07) is 8.00. The van der Waals surface area contributed by atoms with E-state index < -0.39 is 0 Å². The van der Waals surface area contributed by atoms with Crippen LogP contribution < -0.4 is 10.6 Å². The topological polar surface area (TPSA) is 61.4 Å². The minimum atomic E-state index is -0.105. The molecule has 0 heterocycles. The van der Waals surface area contributed by atoms with E-state index in [4.69, 9.17) is 5.11 Å². The van der Waals surface area contributed by atoms with E-state index >= 15 is 0 Å². The molecule has 3 N–H and O–H groups in total. The van der Waals surface area contributed by atoms with E-state index in [1.54, 1.807) is 0 Å². The molecule has 1 aromatic carbocycles. The lowest BCUT2D eigenvalue weighted by Crippen LogP contribution is -2.44. The highest BCUT2D eigenvalue weighted by molar-refractivity contribution is 5.74. The molecule has 0 aliphatic heterocycles. The van der Waals surface area contributed by atoms with Crippen LogP contribution in [0.15, 0.2) is 24.3 Å². The summed E-state index contributed by atoms with van der Waals surface area (Å²) in [6.07, 6.45) is 3.86. The fraction of sp³-hybridized carbons (Fsp3) is 0.438. The van der Waals surface area contributed by atoms with E-state index in [0.29, 0.717) is 19.0 Å². The number of hydrogen-bond acceptors (Lipinski definition) is 2. The Bertz CT molecular complexity index is 513. The zero-order valence-corrected chi connectivity index (χ0v) is 11.5. The van der Waals surface area contributed by atoms with Gasteiger partial charge in [0.05, 0.1) is 6.61 Å². The second-order valence-electron chi connectivity index (χ2n) is 4.93. The van der Waals surface area contributed by atoms with Crippen molar-refractivity contribution >= 4 is 6.03 Å². The van der Waals surface area contributed by atoms with Crippen molar-refractivity contribution in [3.8, 4) is 11.8 Å². The molecule has 0 aromatic heterocycles. The first-order chi connectivity index (χ1) is 9.78. The quantitative estimate of drug-likeness (QED) is 0.732. The molecule has 0 atom stereocenters. The smallest absolute Gasteiger partial charge is 0.315 e. The molecule has 4 heteroatoms. The molecule has 106 valence electrons. The number of urea groups is 1. The monoisotopic (exact) mass is 272 g/mol. The van der Waals surface area contributed by atoms with Gasteiger partial charge in [-0.1, -0.05) is 24.0 Å². The Morgan fingerprint density at radius 1 is 1.40 bits per heavy atom. The van der Waals surface area contributed by atoms with Crippen molar-refractivity contribution in [2.24, 2.45) is 0 Å². The van der Waals surface area contributed by atoms with Gasteiger partial charge < -0.3 is 15.7 Å². The van der Waals surface area contributed by atoms with Crippen molar-refractivity contribution in [3.05, 3.63) is 35.4 Å². The molecule has 0 radical (unpaired) electrons. The van der Waals surface area contributed by atoms with Crippen molar-refractivity contribution in [3.63, 3.8) is 0 Å². The predicted molar refractivity (Wildman–Crippen MR) is 78.0 cm³/mol. The SMILES string of the molecule is O=C(NCc1cccc(C#CCCO)c1)NC1CCC1. The minimum Gasteiger partial charge on any atom is -0.395 e. The van der Waals surface area contributed by atoms with Gasteiger partial charge in [0.1, 0.15) is 0 Å². The van der Waals surface area contributed by atoms with Crippen molar-refractivity contribution in [2.75, 3.05) is 6.61 Å². The van der Waals surface area contributed by atoms with Gasteiger partial charge in [-0.15, -0.1) is 0 Å². The number of nitrogens with one attached hydrogen (secondary N) is 2. The van der Waals surface area contributed by atoms with E-state index in [-0.39, 0.29) is 12.6 Å². The maximum atomic E-state index is 11.6. The molecular weight excluding hydrogens is 252 g/mol. The number of benzene rings is 1. The van der Waals surface area contributed by atoms with Gasteiger partial charge >= 0.3 is 6.03 Å². The summed E-state index contributed by atoms with van der Waals surface area (Å²) in [6.45, 7) is 0.573. The van der Waals surface area contributed by atoms with Crippen LogP contribution in [-0.4, -0.2) is 23.8 Å². The van der Waals surface area contributed by atoms with Crippen LogP contribution in [0.4, 0.5) is 4.79 Å². The molecule has 1 fully saturated rings. The molecule has 0 unspecified atom stereocenters. The van der Waals surface area contributed by atoms with Crippen LogP contribution in [0.3, 0.4) is 0 Å². The standard InChI is InChI=1S/C16H20N2O2/c19-10-2-1-5-13-6-3-7-14(11-13)12-17-16(20)18-15-8-4-9-15/h3,6-7,11,15,19H,2,4,8-10,12H2,(H2,17,18,20). The molecule has 2 rings (SSSR count). The Balaban J connectivity index is 1.81. The van der Waals surface area contributed by atoms with E-state index in [9.17, 15) is 4.79 Å². The molecule has 4 nitrogen and oxygen atoms in total. The fourth-order valence-corrected chi connectivity index (χ4v) is 1.95. The summed E-state index contributed by atoms with van der Waals surface area (Å²) < 4.78 is 0. The number of amides is 2. The number of aliphatic hydroxyl groups is 1. The first-order valence-corrected chi connectivity index (χ1v) is 7.01. The third-order valence-electron chi connectivity index (χ3n) is 3.29. The van der Waals surface area contributed by atoms with Crippen molar-refractivity contribution < 1.29 is 9.90 Å². The summed E-state index contributed by atoms with van der Waals surface area (Å²) in [4.78, 5) is 11.6. The van der Waals surface area contributed by atoms with E-state index in [0.717, 1.165) is 24.0 Å². The molecule has 0 saturated heterocycles. The third-order valence-corrected chi connectivity index (χ3v) is 3.29. The van der Waals surface area contributed by atoms with E-state index in [2.05, 4.69) is 22.5 Å². The molecule has 20 heavy (non-hydrogen) atoms. The van der Waals surface area contributed by atoms with Crippen molar-refractivity contribution in [2.45, 2.75) is 38.3 Å². The first-order valence-electron chi connectivity index (χ1n) is 7.01.